The van der Waals surface area contributed by atoms with Gasteiger partial charge in [-0.15, -0.1) is 0 Å². The van der Waals surface area contributed by atoms with Crippen molar-refractivity contribution in [3.8, 4) is 11.1 Å². The lowest BCUT2D eigenvalue weighted by Gasteiger charge is -2.22. The molecule has 1 aliphatic rings. The molecule has 0 saturated carbocycles. The number of hydrogen-bond acceptors (Lipinski definition) is 0. The Morgan fingerprint density at radius 2 is 1.15 bits per heavy atom. The smallest absolute Gasteiger partial charge is 0.0159 e. The fourth-order valence-electron chi connectivity index (χ4n) is 4.94. The zero-order valence-electron chi connectivity index (χ0n) is 15.6. The fourth-order valence-corrected chi connectivity index (χ4v) is 4.94. The lowest BCUT2D eigenvalue weighted by Crippen LogP contribution is -2.14. The quantitative estimate of drug-likeness (QED) is 0.256. The number of fused-ring (bicyclic) bond motifs is 7. The van der Waals surface area contributed by atoms with Gasteiger partial charge in [-0.2, -0.15) is 0 Å². The third-order valence-electron chi connectivity index (χ3n) is 6.39. The van der Waals surface area contributed by atoms with Crippen LogP contribution in [0.2, 0.25) is 0 Å². The highest BCUT2D eigenvalue weighted by Gasteiger charge is 2.36. The van der Waals surface area contributed by atoms with Gasteiger partial charge < -0.3 is 0 Å². The first-order chi connectivity index (χ1) is 13.1. The van der Waals surface area contributed by atoms with E-state index in [2.05, 4.69) is 98.8 Å². The molecule has 0 atom stereocenters. The summed E-state index contributed by atoms with van der Waals surface area (Å²) >= 11 is 0. The predicted octanol–water partition coefficient (Wildman–Crippen LogP) is 7.45. The van der Waals surface area contributed by atoms with Gasteiger partial charge in [-0.3, -0.25) is 0 Å². The Balaban J connectivity index is 1.77. The topological polar surface area (TPSA) is 0 Å². The Hall–Kier alpha value is -3.12. The second-order valence-electron chi connectivity index (χ2n) is 8.28. The van der Waals surface area contributed by atoms with Gasteiger partial charge in [0.25, 0.3) is 0 Å². The number of rotatable bonds is 0. The minimum atomic E-state index is 0.0224. The third-order valence-corrected chi connectivity index (χ3v) is 6.39. The van der Waals surface area contributed by atoms with Crippen LogP contribution in [0.1, 0.15) is 25.0 Å². The lowest BCUT2D eigenvalue weighted by molar-refractivity contribution is 0.661. The van der Waals surface area contributed by atoms with Gasteiger partial charge in [0.1, 0.15) is 0 Å². The molecule has 0 radical (unpaired) electrons. The SMILES string of the molecule is CC1(C)c2cc3cc4ccccc4cc3cc2-c2c1ccc1ccccc21. The van der Waals surface area contributed by atoms with Crippen LogP contribution in [0.3, 0.4) is 0 Å². The first-order valence-corrected chi connectivity index (χ1v) is 9.62. The Kier molecular flexibility index (Phi) is 2.77. The van der Waals surface area contributed by atoms with E-state index in [9.17, 15) is 0 Å². The molecular formula is C27H20. The van der Waals surface area contributed by atoms with Crippen LogP contribution in [-0.4, -0.2) is 0 Å². The van der Waals surface area contributed by atoms with Crippen molar-refractivity contribution in [2.75, 3.05) is 0 Å². The van der Waals surface area contributed by atoms with Gasteiger partial charge >= 0.3 is 0 Å². The summed E-state index contributed by atoms with van der Waals surface area (Å²) < 4.78 is 0. The van der Waals surface area contributed by atoms with E-state index in [1.54, 1.807) is 0 Å². The molecular weight excluding hydrogens is 324 g/mol. The summed E-state index contributed by atoms with van der Waals surface area (Å²) in [4.78, 5) is 0. The molecule has 0 nitrogen and oxygen atoms in total. The van der Waals surface area contributed by atoms with E-state index in [-0.39, 0.29) is 5.41 Å². The molecule has 27 heavy (non-hydrogen) atoms. The number of benzene rings is 5. The molecule has 0 spiro atoms. The van der Waals surface area contributed by atoms with Crippen molar-refractivity contribution in [3.05, 3.63) is 96.1 Å². The van der Waals surface area contributed by atoms with Crippen molar-refractivity contribution in [2.24, 2.45) is 0 Å². The maximum Gasteiger partial charge on any atom is 0.0159 e. The molecule has 0 heteroatoms. The van der Waals surface area contributed by atoms with E-state index in [0.717, 1.165) is 0 Å². The summed E-state index contributed by atoms with van der Waals surface area (Å²) in [5.41, 5.74) is 5.72. The summed E-state index contributed by atoms with van der Waals surface area (Å²) in [6.45, 7) is 4.72. The Morgan fingerprint density at radius 3 is 1.89 bits per heavy atom. The largest absolute Gasteiger partial charge is 0.0616 e. The molecule has 0 aromatic heterocycles. The monoisotopic (exact) mass is 344 g/mol. The van der Waals surface area contributed by atoms with Gasteiger partial charge in [0.15, 0.2) is 0 Å². The van der Waals surface area contributed by atoms with Gasteiger partial charge in [0.05, 0.1) is 0 Å². The minimum Gasteiger partial charge on any atom is -0.0616 e. The molecule has 5 aromatic rings. The molecule has 0 amide bonds. The van der Waals surface area contributed by atoms with Crippen LogP contribution >= 0.6 is 0 Å². The van der Waals surface area contributed by atoms with Crippen LogP contribution in [-0.2, 0) is 5.41 Å². The van der Waals surface area contributed by atoms with E-state index < -0.39 is 0 Å². The molecule has 0 N–H and O–H groups in total. The molecule has 5 aromatic carbocycles. The lowest BCUT2D eigenvalue weighted by atomic mass is 9.81. The normalized spacial score (nSPS) is 14.6. The zero-order valence-corrected chi connectivity index (χ0v) is 15.6. The van der Waals surface area contributed by atoms with Crippen LogP contribution in [0, 0.1) is 0 Å². The molecule has 0 aliphatic heterocycles. The van der Waals surface area contributed by atoms with Gasteiger partial charge in [0, 0.05) is 5.41 Å². The average molecular weight is 344 g/mol. The van der Waals surface area contributed by atoms with Crippen LogP contribution in [0.15, 0.2) is 84.9 Å². The Bertz CT molecular complexity index is 1390. The molecule has 0 fully saturated rings. The van der Waals surface area contributed by atoms with Crippen LogP contribution < -0.4 is 0 Å². The maximum absolute atomic E-state index is 2.42. The van der Waals surface area contributed by atoms with E-state index >= 15 is 0 Å². The zero-order chi connectivity index (χ0) is 18.2. The highest BCUT2D eigenvalue weighted by atomic mass is 14.4. The minimum absolute atomic E-state index is 0.0224. The van der Waals surface area contributed by atoms with Gasteiger partial charge in [-0.1, -0.05) is 74.5 Å². The highest BCUT2D eigenvalue weighted by Crippen LogP contribution is 2.52. The third kappa shape index (κ3) is 1.93. The van der Waals surface area contributed by atoms with Gasteiger partial charge in [0.2, 0.25) is 0 Å². The van der Waals surface area contributed by atoms with Crippen molar-refractivity contribution in [2.45, 2.75) is 19.3 Å². The van der Waals surface area contributed by atoms with Crippen LogP contribution in [0.5, 0.6) is 0 Å². The summed E-state index contributed by atoms with van der Waals surface area (Å²) in [5, 5.41) is 7.95. The van der Waals surface area contributed by atoms with Crippen molar-refractivity contribution < 1.29 is 0 Å². The summed E-state index contributed by atoms with van der Waals surface area (Å²) in [5.74, 6) is 0. The van der Waals surface area contributed by atoms with Crippen LogP contribution in [0.4, 0.5) is 0 Å². The molecule has 0 saturated heterocycles. The summed E-state index contributed by atoms with van der Waals surface area (Å²) in [6, 6.07) is 31.5. The maximum atomic E-state index is 2.42. The van der Waals surface area contributed by atoms with Crippen LogP contribution in [0.25, 0.3) is 43.4 Å². The van der Waals surface area contributed by atoms with E-state index in [0.29, 0.717) is 0 Å². The Labute approximate surface area is 159 Å². The van der Waals surface area contributed by atoms with E-state index in [1.165, 1.54) is 54.6 Å². The molecule has 128 valence electrons. The van der Waals surface area contributed by atoms with Crippen molar-refractivity contribution >= 4 is 32.3 Å². The highest BCUT2D eigenvalue weighted by molar-refractivity contribution is 6.07. The summed E-state index contributed by atoms with van der Waals surface area (Å²) in [6.07, 6.45) is 0. The number of hydrogen-bond donors (Lipinski definition) is 0. The second-order valence-corrected chi connectivity index (χ2v) is 8.28. The fraction of sp³-hybridized carbons (Fsp3) is 0.111. The molecule has 1 aliphatic carbocycles. The molecule has 0 heterocycles. The van der Waals surface area contributed by atoms with Crippen molar-refractivity contribution in [1.29, 1.82) is 0 Å². The molecule has 6 rings (SSSR count). The summed E-state index contributed by atoms with van der Waals surface area (Å²) in [7, 11) is 0. The van der Waals surface area contributed by atoms with E-state index in [1.807, 2.05) is 0 Å². The first-order valence-electron chi connectivity index (χ1n) is 9.62. The van der Waals surface area contributed by atoms with E-state index in [4.69, 9.17) is 0 Å². The molecule has 0 bridgehead atoms. The Morgan fingerprint density at radius 1 is 0.519 bits per heavy atom. The van der Waals surface area contributed by atoms with Crippen molar-refractivity contribution in [1.82, 2.24) is 0 Å². The standard InChI is InChI=1S/C27H20/c1-27(2)24-12-11-17-7-5-6-10-22(17)26(24)23-15-20-13-18-8-3-4-9-19(18)14-21(20)16-25(23)27/h3-16H,1-2H3. The predicted molar refractivity (Wildman–Crippen MR) is 117 cm³/mol. The van der Waals surface area contributed by atoms with Gasteiger partial charge in [-0.05, 0) is 78.8 Å². The van der Waals surface area contributed by atoms with Crippen molar-refractivity contribution in [3.63, 3.8) is 0 Å². The first kappa shape index (κ1) is 15.0. The van der Waals surface area contributed by atoms with Gasteiger partial charge in [-0.25, -0.2) is 0 Å². The molecule has 0 unspecified atom stereocenters. The average Bonchev–Trinajstić information content (AvgIpc) is 2.92. The second kappa shape index (κ2) is 4.98.